The molecular formula is C11H16FN3O5. The molecule has 0 aromatic carbocycles. The SMILES string of the molecule is Cc1cn([C@]2(CF)O[C@H](CO)[C@@H](O)[C@H]2O)c(=O)nc1N. The molecule has 9 heteroatoms. The zero-order valence-electron chi connectivity index (χ0n) is 10.7. The third-order valence-corrected chi connectivity index (χ3v) is 3.45. The number of halogens is 1. The molecule has 8 nitrogen and oxygen atoms in total. The molecule has 1 fully saturated rings. The molecule has 0 bridgehead atoms. The fourth-order valence-corrected chi connectivity index (χ4v) is 2.22. The molecule has 0 spiro atoms. The van der Waals surface area contributed by atoms with Crippen molar-refractivity contribution in [3.8, 4) is 0 Å². The molecule has 0 amide bonds. The van der Waals surface area contributed by atoms with E-state index in [-0.39, 0.29) is 5.82 Å². The van der Waals surface area contributed by atoms with Crippen LogP contribution in [0.5, 0.6) is 0 Å². The van der Waals surface area contributed by atoms with Crippen LogP contribution in [0.2, 0.25) is 0 Å². The largest absolute Gasteiger partial charge is 0.394 e. The van der Waals surface area contributed by atoms with E-state index in [4.69, 9.17) is 15.6 Å². The van der Waals surface area contributed by atoms with E-state index in [1.54, 1.807) is 6.92 Å². The van der Waals surface area contributed by atoms with Crippen molar-refractivity contribution >= 4 is 5.82 Å². The molecule has 1 aromatic heterocycles. The number of ether oxygens (including phenoxy) is 1. The summed E-state index contributed by atoms with van der Waals surface area (Å²) >= 11 is 0. The number of hydrogen-bond acceptors (Lipinski definition) is 7. The summed E-state index contributed by atoms with van der Waals surface area (Å²) in [6.07, 6.45) is -3.27. The van der Waals surface area contributed by atoms with Crippen LogP contribution < -0.4 is 11.4 Å². The van der Waals surface area contributed by atoms with Gasteiger partial charge in [0.15, 0.2) is 0 Å². The molecule has 0 unspecified atom stereocenters. The van der Waals surface area contributed by atoms with Gasteiger partial charge in [-0.25, -0.2) is 9.18 Å². The molecule has 0 aliphatic carbocycles. The first kappa shape index (κ1) is 14.9. The second-order valence-corrected chi connectivity index (χ2v) is 4.71. The summed E-state index contributed by atoms with van der Waals surface area (Å²) in [5, 5.41) is 28.8. The van der Waals surface area contributed by atoms with E-state index >= 15 is 0 Å². The third kappa shape index (κ3) is 1.99. The van der Waals surface area contributed by atoms with Gasteiger partial charge in [-0.2, -0.15) is 4.98 Å². The van der Waals surface area contributed by atoms with E-state index in [2.05, 4.69) is 4.98 Å². The first-order valence-electron chi connectivity index (χ1n) is 5.94. The molecule has 1 aromatic rings. The van der Waals surface area contributed by atoms with Crippen LogP contribution in [0.3, 0.4) is 0 Å². The van der Waals surface area contributed by atoms with Crippen molar-refractivity contribution in [1.29, 1.82) is 0 Å². The van der Waals surface area contributed by atoms with E-state index < -0.39 is 43.0 Å². The topological polar surface area (TPSA) is 131 Å². The van der Waals surface area contributed by atoms with E-state index in [9.17, 15) is 19.4 Å². The lowest BCUT2D eigenvalue weighted by atomic mass is 10.0. The highest BCUT2D eigenvalue weighted by molar-refractivity contribution is 5.35. The Kier molecular flexibility index (Phi) is 3.78. The standard InChI is InChI=1S/C11H16FN3O5/c1-5-2-15(10(19)14-9(5)13)11(4-12)8(18)7(17)6(3-16)20-11/h2,6-8,16-18H,3-4H2,1H3,(H2,13,14,19)/t6-,7-,8-,11-/m1/s1. The molecule has 5 N–H and O–H groups in total. The van der Waals surface area contributed by atoms with Crippen LogP contribution >= 0.6 is 0 Å². The van der Waals surface area contributed by atoms with Gasteiger partial charge < -0.3 is 25.8 Å². The third-order valence-electron chi connectivity index (χ3n) is 3.45. The Bertz CT molecular complexity index is 565. The molecule has 4 atom stereocenters. The molecule has 1 aliphatic heterocycles. The van der Waals surface area contributed by atoms with Crippen LogP contribution in [-0.2, 0) is 10.5 Å². The predicted molar refractivity (Wildman–Crippen MR) is 65.6 cm³/mol. The Morgan fingerprint density at radius 3 is 2.75 bits per heavy atom. The van der Waals surface area contributed by atoms with Crippen LogP contribution in [0.25, 0.3) is 0 Å². The fourth-order valence-electron chi connectivity index (χ4n) is 2.22. The van der Waals surface area contributed by atoms with Gasteiger partial charge in [0.2, 0.25) is 5.72 Å². The summed E-state index contributed by atoms with van der Waals surface area (Å²) in [5.41, 5.74) is 2.81. The van der Waals surface area contributed by atoms with Gasteiger partial charge in [-0.05, 0) is 6.92 Å². The Morgan fingerprint density at radius 2 is 2.25 bits per heavy atom. The fraction of sp³-hybridized carbons (Fsp3) is 0.636. The number of nitrogens with zero attached hydrogens (tertiary/aromatic N) is 2. The number of aryl methyl sites for hydroxylation is 1. The maximum atomic E-state index is 13.5. The number of rotatable bonds is 3. The van der Waals surface area contributed by atoms with Crippen molar-refractivity contribution in [3.63, 3.8) is 0 Å². The zero-order chi connectivity index (χ0) is 15.1. The summed E-state index contributed by atoms with van der Waals surface area (Å²) in [7, 11) is 0. The first-order chi connectivity index (χ1) is 9.37. The van der Waals surface area contributed by atoms with Gasteiger partial charge in [0.05, 0.1) is 6.61 Å². The van der Waals surface area contributed by atoms with Crippen molar-refractivity contribution in [2.24, 2.45) is 0 Å². The summed E-state index contributed by atoms with van der Waals surface area (Å²) < 4.78 is 19.4. The van der Waals surface area contributed by atoms with Gasteiger partial charge >= 0.3 is 5.69 Å². The normalized spacial score (nSPS) is 33.5. The van der Waals surface area contributed by atoms with Crippen molar-refractivity contribution < 1.29 is 24.4 Å². The summed E-state index contributed by atoms with van der Waals surface area (Å²) in [6, 6.07) is 0. The number of aliphatic hydroxyl groups is 3. The lowest BCUT2D eigenvalue weighted by Gasteiger charge is -2.31. The van der Waals surface area contributed by atoms with Crippen LogP contribution in [0.4, 0.5) is 10.2 Å². The van der Waals surface area contributed by atoms with Gasteiger partial charge in [-0.1, -0.05) is 0 Å². The average molecular weight is 289 g/mol. The molecular weight excluding hydrogens is 273 g/mol. The highest BCUT2D eigenvalue weighted by atomic mass is 19.1. The molecule has 2 heterocycles. The number of alkyl halides is 1. The smallest absolute Gasteiger partial charge is 0.352 e. The quantitative estimate of drug-likeness (QED) is 0.500. The number of nitrogens with two attached hydrogens (primary N) is 1. The van der Waals surface area contributed by atoms with Gasteiger partial charge in [0.25, 0.3) is 0 Å². The van der Waals surface area contributed by atoms with Crippen LogP contribution in [0, 0.1) is 6.92 Å². The molecule has 1 aliphatic rings. The first-order valence-corrected chi connectivity index (χ1v) is 5.94. The van der Waals surface area contributed by atoms with E-state index in [0.29, 0.717) is 5.56 Å². The maximum absolute atomic E-state index is 13.5. The predicted octanol–water partition coefficient (Wildman–Crippen LogP) is -2.13. The average Bonchev–Trinajstić information content (AvgIpc) is 2.68. The number of aliphatic hydroxyl groups excluding tert-OH is 3. The van der Waals surface area contributed by atoms with Crippen molar-refractivity contribution in [3.05, 3.63) is 22.2 Å². The number of anilines is 1. The van der Waals surface area contributed by atoms with E-state index in [1.807, 2.05) is 0 Å². The van der Waals surface area contributed by atoms with E-state index in [0.717, 1.165) is 4.57 Å². The minimum absolute atomic E-state index is 0.0213. The highest BCUT2D eigenvalue weighted by Crippen LogP contribution is 2.35. The Labute approximate surface area is 113 Å². The summed E-state index contributed by atoms with van der Waals surface area (Å²) in [6.45, 7) is -0.367. The molecule has 112 valence electrons. The monoisotopic (exact) mass is 289 g/mol. The molecule has 0 radical (unpaired) electrons. The minimum Gasteiger partial charge on any atom is -0.394 e. The Morgan fingerprint density at radius 1 is 1.60 bits per heavy atom. The van der Waals surface area contributed by atoms with Crippen molar-refractivity contribution in [1.82, 2.24) is 9.55 Å². The van der Waals surface area contributed by atoms with Crippen molar-refractivity contribution in [2.75, 3.05) is 19.0 Å². The van der Waals surface area contributed by atoms with Gasteiger partial charge in [0, 0.05) is 11.8 Å². The molecule has 0 saturated carbocycles. The summed E-state index contributed by atoms with van der Waals surface area (Å²) in [4.78, 5) is 15.4. The second-order valence-electron chi connectivity index (χ2n) is 4.71. The lowest BCUT2D eigenvalue weighted by Crippen LogP contribution is -2.52. The van der Waals surface area contributed by atoms with E-state index in [1.165, 1.54) is 6.20 Å². The maximum Gasteiger partial charge on any atom is 0.352 e. The van der Waals surface area contributed by atoms with Crippen molar-refractivity contribution in [2.45, 2.75) is 31.0 Å². The lowest BCUT2D eigenvalue weighted by molar-refractivity contribution is -0.160. The molecule has 20 heavy (non-hydrogen) atoms. The van der Waals surface area contributed by atoms with Crippen LogP contribution in [0.15, 0.2) is 11.0 Å². The molecule has 2 rings (SSSR count). The van der Waals surface area contributed by atoms with Gasteiger partial charge in [-0.3, -0.25) is 4.57 Å². The Hall–Kier alpha value is -1.55. The minimum atomic E-state index is -2.13. The van der Waals surface area contributed by atoms with Gasteiger partial charge in [-0.15, -0.1) is 0 Å². The number of hydrogen-bond donors (Lipinski definition) is 4. The van der Waals surface area contributed by atoms with Crippen LogP contribution in [0.1, 0.15) is 5.56 Å². The highest BCUT2D eigenvalue weighted by Gasteiger charge is 2.56. The van der Waals surface area contributed by atoms with Gasteiger partial charge in [0.1, 0.15) is 30.8 Å². The van der Waals surface area contributed by atoms with Crippen LogP contribution in [-0.4, -0.2) is 56.5 Å². The molecule has 1 saturated heterocycles. The second kappa shape index (κ2) is 5.09. The Balaban J connectivity index is 2.58. The zero-order valence-corrected chi connectivity index (χ0v) is 10.7. The number of nitrogen functional groups attached to an aromatic ring is 1. The number of aromatic nitrogens is 2. The summed E-state index contributed by atoms with van der Waals surface area (Å²) in [5.74, 6) is -0.0213.